The number of nitrogens with one attached hydrogen (secondary N) is 2. The molecule has 6 N–H and O–H groups in total. The molecular formula is C18H26Br2N6O2. The number of carbonyl (C=O) groups is 2. The average Bonchev–Trinajstić information content (AvgIpc) is 2.64. The van der Waals surface area contributed by atoms with Crippen LogP contribution < -0.4 is 65.2 Å². The Labute approximate surface area is 185 Å². The topological polar surface area (TPSA) is 118 Å². The Morgan fingerprint density at radius 1 is 0.786 bits per heavy atom. The fourth-order valence-electron chi connectivity index (χ4n) is 2.80. The molecular weight excluding hydrogens is 492 g/mol. The van der Waals surface area contributed by atoms with Gasteiger partial charge in [-0.3, -0.25) is 0 Å². The van der Waals surface area contributed by atoms with Crippen LogP contribution in [-0.2, 0) is 13.1 Å². The maximum Gasteiger partial charge on any atom is 0.312 e. The molecule has 2 atom stereocenters. The van der Waals surface area contributed by atoms with Crippen molar-refractivity contribution in [2.24, 2.45) is 11.5 Å². The van der Waals surface area contributed by atoms with Crippen molar-refractivity contribution in [1.29, 1.82) is 0 Å². The van der Waals surface area contributed by atoms with Crippen LogP contribution in [0.25, 0.3) is 0 Å². The Bertz CT molecular complexity index is 690. The molecule has 4 amide bonds. The molecule has 2 heterocycles. The van der Waals surface area contributed by atoms with Crippen molar-refractivity contribution >= 4 is 12.1 Å². The van der Waals surface area contributed by atoms with Crippen LogP contribution in [0.2, 0.25) is 0 Å². The second-order valence-corrected chi connectivity index (χ2v) is 5.90. The molecule has 0 saturated heterocycles. The first kappa shape index (κ1) is 25.8. The van der Waals surface area contributed by atoms with Gasteiger partial charge in [0, 0.05) is 24.3 Å². The molecule has 10 heteroatoms. The van der Waals surface area contributed by atoms with E-state index in [-0.39, 0.29) is 34.0 Å². The fourth-order valence-corrected chi connectivity index (χ4v) is 2.80. The van der Waals surface area contributed by atoms with Gasteiger partial charge in [-0.2, -0.15) is 0 Å². The monoisotopic (exact) mass is 516 g/mol. The fraction of sp³-hybridized carbons (Fsp3) is 0.333. The van der Waals surface area contributed by atoms with Crippen molar-refractivity contribution in [3.63, 3.8) is 0 Å². The van der Waals surface area contributed by atoms with E-state index in [1.165, 1.54) is 0 Å². The zero-order chi connectivity index (χ0) is 19.1. The number of hydrogen-bond acceptors (Lipinski definition) is 2. The van der Waals surface area contributed by atoms with E-state index in [2.05, 4.69) is 10.6 Å². The zero-order valence-electron chi connectivity index (χ0n) is 15.8. The van der Waals surface area contributed by atoms with E-state index in [4.69, 9.17) is 11.5 Å². The van der Waals surface area contributed by atoms with Crippen LogP contribution in [-0.4, -0.2) is 12.1 Å². The highest BCUT2D eigenvalue weighted by Crippen LogP contribution is 2.28. The number of rotatable bonds is 7. The Balaban J connectivity index is 0.00000364. The van der Waals surface area contributed by atoms with Gasteiger partial charge >= 0.3 is 12.1 Å². The molecule has 0 spiro atoms. The molecule has 28 heavy (non-hydrogen) atoms. The third-order valence-corrected chi connectivity index (χ3v) is 4.21. The number of hydrogen-bond donors (Lipinski definition) is 4. The summed E-state index contributed by atoms with van der Waals surface area (Å²) < 4.78 is 3.99. The third kappa shape index (κ3) is 7.08. The number of halogens is 2. The van der Waals surface area contributed by atoms with E-state index in [1.807, 2.05) is 72.0 Å². The third-order valence-electron chi connectivity index (χ3n) is 4.21. The summed E-state index contributed by atoms with van der Waals surface area (Å²) in [5.74, 6) is 0. The highest BCUT2D eigenvalue weighted by atomic mass is 79.9. The Kier molecular flexibility index (Phi) is 11.3. The van der Waals surface area contributed by atoms with Crippen molar-refractivity contribution in [3.8, 4) is 0 Å². The van der Waals surface area contributed by atoms with E-state index in [1.54, 1.807) is 0 Å². The molecule has 0 aromatic carbocycles. The van der Waals surface area contributed by atoms with Gasteiger partial charge < -0.3 is 56.1 Å². The zero-order valence-corrected chi connectivity index (χ0v) is 19.0. The van der Waals surface area contributed by atoms with Gasteiger partial charge in [-0.15, -0.1) is 0 Å². The first-order chi connectivity index (χ1) is 12.4. The molecule has 0 aliphatic carbocycles. The van der Waals surface area contributed by atoms with Gasteiger partial charge in [0.2, 0.25) is 0 Å². The van der Waals surface area contributed by atoms with Crippen LogP contribution in [0.15, 0.2) is 49.1 Å². The molecule has 2 rings (SSSR count). The SMILES string of the molecule is CC[n+]1ccc(C(NC(N)=O)C(NC(N)=O)c2cc[n+](CC)cc2)cc1.[Br-].[Br-]. The summed E-state index contributed by atoms with van der Waals surface area (Å²) in [5.41, 5.74) is 12.4. The van der Waals surface area contributed by atoms with E-state index in [0.717, 1.165) is 24.2 Å². The van der Waals surface area contributed by atoms with Gasteiger partial charge in [-0.05, 0) is 25.0 Å². The molecule has 2 aromatic heterocycles. The number of nitrogens with two attached hydrogens (primary N) is 2. The lowest BCUT2D eigenvalue weighted by atomic mass is 9.94. The first-order valence-corrected chi connectivity index (χ1v) is 8.54. The molecule has 8 nitrogen and oxygen atoms in total. The lowest BCUT2D eigenvalue weighted by Gasteiger charge is -2.28. The molecule has 2 unspecified atom stereocenters. The molecule has 0 aliphatic rings. The second kappa shape index (κ2) is 12.3. The summed E-state index contributed by atoms with van der Waals surface area (Å²) in [6.45, 7) is 5.71. The van der Waals surface area contributed by atoms with Gasteiger partial charge in [0.25, 0.3) is 0 Å². The predicted octanol–water partition coefficient (Wildman–Crippen LogP) is -5.57. The molecule has 0 radical (unpaired) electrons. The minimum atomic E-state index is -0.682. The van der Waals surface area contributed by atoms with Crippen LogP contribution in [0.5, 0.6) is 0 Å². The molecule has 0 aliphatic heterocycles. The van der Waals surface area contributed by atoms with E-state index in [9.17, 15) is 9.59 Å². The van der Waals surface area contributed by atoms with Crippen molar-refractivity contribution in [2.75, 3.05) is 0 Å². The van der Waals surface area contributed by atoms with Gasteiger partial charge in [-0.1, -0.05) is 0 Å². The van der Waals surface area contributed by atoms with E-state index < -0.39 is 24.1 Å². The van der Waals surface area contributed by atoms with Crippen LogP contribution in [0.3, 0.4) is 0 Å². The van der Waals surface area contributed by atoms with Gasteiger partial charge in [-0.25, -0.2) is 18.7 Å². The molecule has 0 fully saturated rings. The number of nitrogens with zero attached hydrogens (tertiary/aromatic N) is 2. The Hall–Kier alpha value is -2.20. The van der Waals surface area contributed by atoms with Crippen LogP contribution >= 0.6 is 0 Å². The highest BCUT2D eigenvalue weighted by molar-refractivity contribution is 5.74. The molecule has 0 saturated carbocycles. The lowest BCUT2D eigenvalue weighted by Crippen LogP contribution is -3.00. The van der Waals surface area contributed by atoms with Crippen molar-refractivity contribution in [1.82, 2.24) is 10.6 Å². The maximum absolute atomic E-state index is 11.6. The maximum atomic E-state index is 11.6. The Morgan fingerprint density at radius 2 is 1.07 bits per heavy atom. The largest absolute Gasteiger partial charge is 1.00 e. The van der Waals surface area contributed by atoms with Crippen molar-refractivity contribution in [3.05, 3.63) is 60.2 Å². The summed E-state index contributed by atoms with van der Waals surface area (Å²) >= 11 is 0. The van der Waals surface area contributed by atoms with Gasteiger partial charge in [0.05, 0.1) is 12.1 Å². The van der Waals surface area contributed by atoms with Crippen LogP contribution in [0, 0.1) is 0 Å². The Morgan fingerprint density at radius 3 is 1.29 bits per heavy atom. The highest BCUT2D eigenvalue weighted by Gasteiger charge is 2.28. The quantitative estimate of drug-likeness (QED) is 0.274. The van der Waals surface area contributed by atoms with Gasteiger partial charge in [0.15, 0.2) is 24.8 Å². The summed E-state index contributed by atoms with van der Waals surface area (Å²) in [7, 11) is 0. The summed E-state index contributed by atoms with van der Waals surface area (Å²) in [6, 6.07) is 5.04. The minimum Gasteiger partial charge on any atom is -1.00 e. The standard InChI is InChI=1S/C18H24N6O2.2BrH/c1-3-23-9-5-13(6-10-23)15(21-17(19)25)16(22-18(20)26)14-7-11-24(4-2)12-8-14;;/h5-12,15-16H,3-4H2,1-2H3,(H4-2,19,20,21,22,25,26);2*1H. The summed E-state index contributed by atoms with van der Waals surface area (Å²) in [4.78, 5) is 23.2. The number of amides is 4. The lowest BCUT2D eigenvalue weighted by molar-refractivity contribution is -0.693. The van der Waals surface area contributed by atoms with Crippen molar-refractivity contribution < 1.29 is 52.7 Å². The van der Waals surface area contributed by atoms with Crippen LogP contribution in [0.1, 0.15) is 37.1 Å². The number of pyridine rings is 2. The second-order valence-electron chi connectivity index (χ2n) is 5.90. The molecule has 0 bridgehead atoms. The molecule has 2 aromatic rings. The summed E-state index contributed by atoms with van der Waals surface area (Å²) in [6.07, 6.45) is 7.62. The number of aromatic nitrogens is 2. The minimum absolute atomic E-state index is 0. The number of aryl methyl sites for hydroxylation is 2. The van der Waals surface area contributed by atoms with Crippen molar-refractivity contribution in [2.45, 2.75) is 39.0 Å². The normalized spacial score (nSPS) is 11.9. The van der Waals surface area contributed by atoms with E-state index in [0.29, 0.717) is 0 Å². The van der Waals surface area contributed by atoms with Gasteiger partial charge in [0.1, 0.15) is 13.1 Å². The first-order valence-electron chi connectivity index (χ1n) is 8.54. The number of primary amides is 2. The smallest absolute Gasteiger partial charge is 0.312 e. The average molecular weight is 518 g/mol. The van der Waals surface area contributed by atoms with Crippen LogP contribution in [0.4, 0.5) is 9.59 Å². The number of carbonyl (C=O) groups excluding carboxylic acids is 2. The van der Waals surface area contributed by atoms with E-state index >= 15 is 0 Å². The molecule has 154 valence electrons. The number of urea groups is 2. The predicted molar refractivity (Wildman–Crippen MR) is 95.5 cm³/mol. The summed E-state index contributed by atoms with van der Waals surface area (Å²) in [5, 5.41) is 5.44.